The van der Waals surface area contributed by atoms with Crippen molar-refractivity contribution in [1.29, 1.82) is 0 Å². The zero-order valence-corrected chi connectivity index (χ0v) is 17.4. The Kier molecular flexibility index (Phi) is 7.37. The molecular weight excluding hydrogens is 357 g/mol. The van der Waals surface area contributed by atoms with Gasteiger partial charge < -0.3 is 20.3 Å². The van der Waals surface area contributed by atoms with Crippen molar-refractivity contribution in [3.05, 3.63) is 77.9 Å². The molecule has 0 radical (unpaired) electrons. The van der Waals surface area contributed by atoms with Crippen LogP contribution in [0.5, 0.6) is 5.75 Å². The zero-order chi connectivity index (χ0) is 17.8. The van der Waals surface area contributed by atoms with Crippen molar-refractivity contribution in [3.8, 4) is 5.75 Å². The van der Waals surface area contributed by atoms with Crippen molar-refractivity contribution in [1.82, 2.24) is 5.32 Å². The molecule has 0 spiro atoms. The number of hydrogen-bond donors (Lipinski definition) is 2. The van der Waals surface area contributed by atoms with Crippen LogP contribution in [0.2, 0.25) is 0 Å². The summed E-state index contributed by atoms with van der Waals surface area (Å²) in [5.74, 6) is -1.85. The Morgan fingerprint density at radius 3 is 2.27 bits per heavy atom. The number of carbonyl (C=O) groups excluding carboxylic acids is 2. The first-order valence-electron chi connectivity index (χ1n) is 7.81. The maximum atomic E-state index is 12.2. The van der Waals surface area contributed by atoms with Gasteiger partial charge in [-0.25, -0.2) is 0 Å². The Hall–Kier alpha value is -1.70. The number of carboxylic acid groups (broad SMARTS) is 1. The summed E-state index contributed by atoms with van der Waals surface area (Å²) in [5.41, 5.74) is 1.06. The second-order valence-corrected chi connectivity index (χ2v) is 5.78. The molecule has 3 rings (SSSR count). The number of carbonyl (C=O) groups is 2. The van der Waals surface area contributed by atoms with Gasteiger partial charge in [0.2, 0.25) is 0 Å². The average Bonchev–Trinajstić information content (AvgIpc) is 2.61. The van der Waals surface area contributed by atoms with Gasteiger partial charge in [-0.05, 0) is 47.0 Å². The number of phenolic OH excluding ortho intramolecular Hbond substituents is 1. The first-order valence-corrected chi connectivity index (χ1v) is 7.81. The Bertz CT molecular complexity index is 925. The van der Waals surface area contributed by atoms with Gasteiger partial charge in [-0.2, -0.15) is 0 Å². The molecule has 0 aliphatic heterocycles. The predicted octanol–water partition coefficient (Wildman–Crippen LogP) is -1.36. The molecule has 2 N–H and O–H groups in total. The molecule has 0 aliphatic rings. The summed E-state index contributed by atoms with van der Waals surface area (Å²) in [4.78, 5) is 23.6. The molecule has 1 atom stereocenters. The zero-order valence-electron chi connectivity index (χ0n) is 14.3. The number of benzene rings is 3. The van der Waals surface area contributed by atoms with Crippen LogP contribution in [0, 0.1) is 0 Å². The molecule has 1 unspecified atom stereocenters. The van der Waals surface area contributed by atoms with Crippen LogP contribution in [0.3, 0.4) is 0 Å². The van der Waals surface area contributed by atoms with Gasteiger partial charge in [-0.3, -0.25) is 4.79 Å². The van der Waals surface area contributed by atoms with Crippen molar-refractivity contribution in [2.45, 2.75) is 12.5 Å². The molecule has 6 heteroatoms. The molecule has 3 aromatic rings. The number of phenols is 1. The number of aromatic hydroxyl groups is 1. The van der Waals surface area contributed by atoms with Crippen molar-refractivity contribution < 1.29 is 71.2 Å². The number of nitrogens with one attached hydrogen (secondary N) is 1. The minimum Gasteiger partial charge on any atom is -0.548 e. The SMILES string of the molecule is O=C(NC(Cc1ccc2ccccc2c1)C(=O)[O-])c1ccc(O)cc1.[K+]. The molecule has 26 heavy (non-hydrogen) atoms. The van der Waals surface area contributed by atoms with Crippen LogP contribution in [0.15, 0.2) is 66.7 Å². The molecule has 0 saturated carbocycles. The van der Waals surface area contributed by atoms with Crippen LogP contribution in [-0.2, 0) is 11.2 Å². The van der Waals surface area contributed by atoms with Gasteiger partial charge in [0, 0.05) is 5.56 Å². The third-order valence-electron chi connectivity index (χ3n) is 3.97. The second-order valence-electron chi connectivity index (χ2n) is 5.78. The van der Waals surface area contributed by atoms with Gasteiger partial charge in [0.1, 0.15) is 5.75 Å². The summed E-state index contributed by atoms with van der Waals surface area (Å²) in [7, 11) is 0. The Labute approximate surface area is 193 Å². The Morgan fingerprint density at radius 2 is 1.62 bits per heavy atom. The van der Waals surface area contributed by atoms with Gasteiger partial charge >= 0.3 is 51.4 Å². The summed E-state index contributed by atoms with van der Waals surface area (Å²) in [6.07, 6.45) is 0.122. The van der Waals surface area contributed by atoms with E-state index < -0.39 is 17.9 Å². The minimum absolute atomic E-state index is 0. The largest absolute Gasteiger partial charge is 1.00 e. The summed E-state index contributed by atoms with van der Waals surface area (Å²) in [5, 5.41) is 25.2. The van der Waals surface area contributed by atoms with E-state index in [-0.39, 0.29) is 69.1 Å². The molecule has 0 saturated heterocycles. The smallest absolute Gasteiger partial charge is 0.548 e. The van der Waals surface area contributed by atoms with Gasteiger partial charge in [-0.1, -0.05) is 42.5 Å². The Morgan fingerprint density at radius 1 is 0.962 bits per heavy atom. The van der Waals surface area contributed by atoms with E-state index in [1.54, 1.807) is 0 Å². The topological polar surface area (TPSA) is 89.5 Å². The van der Waals surface area contributed by atoms with E-state index in [0.717, 1.165) is 16.3 Å². The average molecular weight is 373 g/mol. The molecule has 3 aromatic carbocycles. The molecule has 0 fully saturated rings. The van der Waals surface area contributed by atoms with Crippen LogP contribution in [0.4, 0.5) is 0 Å². The van der Waals surface area contributed by atoms with Crippen LogP contribution < -0.4 is 61.8 Å². The standard InChI is InChI=1S/C20H17NO4.K/c22-17-9-7-15(8-10-17)19(23)21-18(20(24)25)12-13-5-6-14-3-1-2-4-16(14)11-13;/h1-11,18,22H,12H2,(H,21,23)(H,24,25);/q;+1/p-1. The number of carboxylic acids is 1. The fourth-order valence-corrected chi connectivity index (χ4v) is 2.65. The fourth-order valence-electron chi connectivity index (χ4n) is 2.65. The monoisotopic (exact) mass is 373 g/mol. The third kappa shape index (κ3) is 5.15. The molecule has 126 valence electrons. The minimum atomic E-state index is -1.35. The summed E-state index contributed by atoms with van der Waals surface area (Å²) in [6, 6.07) is 17.9. The molecule has 1 amide bonds. The number of hydrogen-bond acceptors (Lipinski definition) is 4. The van der Waals surface area contributed by atoms with Crippen molar-refractivity contribution in [3.63, 3.8) is 0 Å². The van der Waals surface area contributed by atoms with E-state index in [1.165, 1.54) is 24.3 Å². The molecule has 0 bridgehead atoms. The van der Waals surface area contributed by atoms with E-state index in [2.05, 4.69) is 5.32 Å². The summed E-state index contributed by atoms with van der Waals surface area (Å²) >= 11 is 0. The molecule has 0 heterocycles. The van der Waals surface area contributed by atoms with E-state index in [9.17, 15) is 19.8 Å². The van der Waals surface area contributed by atoms with E-state index in [0.29, 0.717) is 0 Å². The maximum absolute atomic E-state index is 12.2. The number of rotatable bonds is 5. The molecular formula is C20H16KNO4. The molecule has 5 nitrogen and oxygen atoms in total. The molecule has 0 aliphatic carbocycles. The van der Waals surface area contributed by atoms with Crippen molar-refractivity contribution >= 4 is 22.6 Å². The van der Waals surface area contributed by atoms with Gasteiger partial charge in [0.05, 0.1) is 12.0 Å². The maximum Gasteiger partial charge on any atom is 1.00 e. The first kappa shape index (κ1) is 20.6. The fraction of sp³-hybridized carbons (Fsp3) is 0.100. The van der Waals surface area contributed by atoms with Crippen LogP contribution in [0.25, 0.3) is 10.8 Å². The molecule has 0 aromatic heterocycles. The summed E-state index contributed by atoms with van der Waals surface area (Å²) in [6.45, 7) is 0. The van der Waals surface area contributed by atoms with Crippen molar-refractivity contribution in [2.24, 2.45) is 0 Å². The van der Waals surface area contributed by atoms with Crippen LogP contribution in [-0.4, -0.2) is 23.0 Å². The van der Waals surface area contributed by atoms with Gasteiger partial charge in [0.25, 0.3) is 5.91 Å². The number of amides is 1. The number of aliphatic carboxylic acids is 1. The van der Waals surface area contributed by atoms with Crippen LogP contribution in [0.1, 0.15) is 15.9 Å². The summed E-state index contributed by atoms with van der Waals surface area (Å²) < 4.78 is 0. The van der Waals surface area contributed by atoms with E-state index in [1.807, 2.05) is 42.5 Å². The van der Waals surface area contributed by atoms with Gasteiger partial charge in [-0.15, -0.1) is 0 Å². The Balaban J connectivity index is 0.00000243. The quantitative estimate of drug-likeness (QED) is 0.541. The predicted molar refractivity (Wildman–Crippen MR) is 92.0 cm³/mol. The normalized spacial score (nSPS) is 11.4. The van der Waals surface area contributed by atoms with Crippen molar-refractivity contribution in [2.75, 3.05) is 0 Å². The number of fused-ring (bicyclic) bond motifs is 1. The second kappa shape index (κ2) is 9.30. The first-order chi connectivity index (χ1) is 12.0. The van der Waals surface area contributed by atoms with Crippen LogP contribution >= 0.6 is 0 Å². The van der Waals surface area contributed by atoms with E-state index in [4.69, 9.17) is 0 Å². The van der Waals surface area contributed by atoms with E-state index >= 15 is 0 Å². The third-order valence-corrected chi connectivity index (χ3v) is 3.97. The van der Waals surface area contributed by atoms with Gasteiger partial charge in [0.15, 0.2) is 0 Å².